The van der Waals surface area contributed by atoms with Crippen LogP contribution in [0.25, 0.3) is 0 Å². The van der Waals surface area contributed by atoms with E-state index in [1.165, 1.54) is 12.0 Å². The maximum absolute atomic E-state index is 13.1. The molecule has 1 unspecified atom stereocenters. The molecule has 0 bridgehead atoms. The Kier molecular flexibility index (Phi) is 6.45. The third kappa shape index (κ3) is 4.73. The van der Waals surface area contributed by atoms with Crippen molar-refractivity contribution in [1.82, 2.24) is 20.0 Å². The van der Waals surface area contributed by atoms with E-state index in [-0.39, 0.29) is 11.9 Å². The van der Waals surface area contributed by atoms with Crippen molar-refractivity contribution in [3.05, 3.63) is 53.3 Å². The van der Waals surface area contributed by atoms with E-state index in [1.807, 2.05) is 18.0 Å². The zero-order valence-electron chi connectivity index (χ0n) is 15.9. The van der Waals surface area contributed by atoms with Crippen LogP contribution in [-0.2, 0) is 24.3 Å². The molecule has 1 aliphatic rings. The summed E-state index contributed by atoms with van der Waals surface area (Å²) < 4.78 is 0. The lowest BCUT2D eigenvalue weighted by Gasteiger charge is -2.36. The summed E-state index contributed by atoms with van der Waals surface area (Å²) in [5.74, 6) is 0.215. The number of hydrogen-bond donors (Lipinski definition) is 1. The molecule has 5 heteroatoms. The largest absolute Gasteiger partial charge is 0.339 e. The number of aromatic nitrogens is 2. The molecule has 1 aromatic carbocycles. The number of rotatable bonds is 7. The van der Waals surface area contributed by atoms with E-state index in [4.69, 9.17) is 0 Å². The molecule has 1 saturated heterocycles. The van der Waals surface area contributed by atoms with Crippen molar-refractivity contribution in [2.45, 2.75) is 58.2 Å². The normalized spacial score (nSPS) is 18.0. The molecule has 0 aliphatic carbocycles. The highest BCUT2D eigenvalue weighted by Crippen LogP contribution is 2.21. The van der Waals surface area contributed by atoms with Crippen molar-refractivity contribution in [2.24, 2.45) is 0 Å². The van der Waals surface area contributed by atoms with Crippen LogP contribution in [-0.4, -0.2) is 45.5 Å². The number of carbonyl (C=O) groups excluding carboxylic acids is 1. The van der Waals surface area contributed by atoms with E-state index in [0.717, 1.165) is 50.2 Å². The summed E-state index contributed by atoms with van der Waals surface area (Å²) in [6, 6.07) is 12.5. The van der Waals surface area contributed by atoms with Crippen LogP contribution < -0.4 is 0 Å². The fourth-order valence-corrected chi connectivity index (χ4v) is 3.74. The fourth-order valence-electron chi connectivity index (χ4n) is 3.74. The molecular weight excluding hydrogens is 324 g/mol. The SMILES string of the molecule is CCCc1cc(CN(C)C(=O)C2CCCCN2Cc2ccccc2)[nH]n1. The zero-order chi connectivity index (χ0) is 18.4. The minimum atomic E-state index is -0.0213. The van der Waals surface area contributed by atoms with E-state index in [1.54, 1.807) is 0 Å². The minimum absolute atomic E-state index is 0.0213. The number of hydrogen-bond acceptors (Lipinski definition) is 3. The molecule has 26 heavy (non-hydrogen) atoms. The first-order chi connectivity index (χ1) is 12.7. The van der Waals surface area contributed by atoms with Gasteiger partial charge in [-0.15, -0.1) is 0 Å². The second-order valence-corrected chi connectivity index (χ2v) is 7.30. The third-order valence-corrected chi connectivity index (χ3v) is 5.10. The number of benzene rings is 1. The summed E-state index contributed by atoms with van der Waals surface area (Å²) in [5.41, 5.74) is 3.36. The molecule has 140 valence electrons. The van der Waals surface area contributed by atoms with Crippen LogP contribution in [0.4, 0.5) is 0 Å². The summed E-state index contributed by atoms with van der Waals surface area (Å²) in [6.45, 7) is 4.57. The molecule has 2 heterocycles. The number of carbonyl (C=O) groups is 1. The van der Waals surface area contributed by atoms with Crippen LogP contribution in [0.15, 0.2) is 36.4 Å². The second kappa shape index (κ2) is 8.99. The first kappa shape index (κ1) is 18.6. The van der Waals surface area contributed by atoms with Crippen LogP contribution >= 0.6 is 0 Å². The van der Waals surface area contributed by atoms with Crippen molar-refractivity contribution < 1.29 is 4.79 Å². The molecule has 1 aromatic heterocycles. The first-order valence-electron chi connectivity index (χ1n) is 9.73. The highest BCUT2D eigenvalue weighted by molar-refractivity contribution is 5.81. The molecule has 1 N–H and O–H groups in total. The van der Waals surface area contributed by atoms with E-state index in [2.05, 4.69) is 52.4 Å². The molecule has 1 atom stereocenters. The molecule has 1 fully saturated rings. The number of H-pyrrole nitrogens is 1. The van der Waals surface area contributed by atoms with Gasteiger partial charge in [0.05, 0.1) is 24.0 Å². The minimum Gasteiger partial charge on any atom is -0.339 e. The standard InChI is InChI=1S/C21H30N4O/c1-3-9-18-14-19(23-22-18)16-24(2)21(26)20-12-7-8-13-25(20)15-17-10-5-4-6-11-17/h4-6,10-11,14,20H,3,7-9,12-13,15-16H2,1-2H3,(H,22,23). The predicted molar refractivity (Wildman–Crippen MR) is 104 cm³/mol. The summed E-state index contributed by atoms with van der Waals surface area (Å²) in [4.78, 5) is 17.3. The monoisotopic (exact) mass is 354 g/mol. The average Bonchev–Trinajstić information content (AvgIpc) is 3.10. The van der Waals surface area contributed by atoms with Gasteiger partial charge in [-0.25, -0.2) is 0 Å². The molecule has 2 aromatic rings. The van der Waals surface area contributed by atoms with Gasteiger partial charge in [-0.1, -0.05) is 50.1 Å². The fraction of sp³-hybridized carbons (Fsp3) is 0.524. The van der Waals surface area contributed by atoms with Crippen LogP contribution in [0.3, 0.4) is 0 Å². The van der Waals surface area contributed by atoms with Crippen LogP contribution in [0.1, 0.15) is 49.6 Å². The number of likely N-dealkylation sites (tertiary alicyclic amines) is 1. The molecule has 0 saturated carbocycles. The number of aromatic amines is 1. The quantitative estimate of drug-likeness (QED) is 0.829. The predicted octanol–water partition coefficient (Wildman–Crippen LogP) is 3.38. The number of likely N-dealkylation sites (N-methyl/N-ethyl adjacent to an activating group) is 1. The van der Waals surface area contributed by atoms with Gasteiger partial charge in [-0.3, -0.25) is 14.8 Å². The van der Waals surface area contributed by atoms with Gasteiger partial charge in [0, 0.05) is 13.6 Å². The topological polar surface area (TPSA) is 52.2 Å². The average molecular weight is 354 g/mol. The molecule has 3 rings (SSSR count). The Hall–Kier alpha value is -2.14. The van der Waals surface area contributed by atoms with E-state index >= 15 is 0 Å². The Morgan fingerprint density at radius 1 is 1.31 bits per heavy atom. The maximum Gasteiger partial charge on any atom is 0.240 e. The van der Waals surface area contributed by atoms with Crippen molar-refractivity contribution in [3.63, 3.8) is 0 Å². The number of amides is 1. The van der Waals surface area contributed by atoms with Crippen molar-refractivity contribution in [3.8, 4) is 0 Å². The first-order valence-corrected chi connectivity index (χ1v) is 9.73. The molecule has 5 nitrogen and oxygen atoms in total. The Morgan fingerprint density at radius 3 is 2.88 bits per heavy atom. The number of nitrogens with zero attached hydrogens (tertiary/aromatic N) is 3. The summed E-state index contributed by atoms with van der Waals surface area (Å²) in [6.07, 6.45) is 5.29. The Balaban J connectivity index is 1.63. The lowest BCUT2D eigenvalue weighted by molar-refractivity contribution is -0.137. The van der Waals surface area contributed by atoms with Crippen LogP contribution in [0, 0.1) is 0 Å². The number of aryl methyl sites for hydroxylation is 1. The van der Waals surface area contributed by atoms with Gasteiger partial charge in [0.1, 0.15) is 0 Å². The molecular formula is C21H30N4O. The van der Waals surface area contributed by atoms with E-state index in [0.29, 0.717) is 6.54 Å². The van der Waals surface area contributed by atoms with Gasteiger partial charge in [-0.2, -0.15) is 5.10 Å². The van der Waals surface area contributed by atoms with E-state index in [9.17, 15) is 4.79 Å². The number of nitrogens with one attached hydrogen (secondary N) is 1. The molecule has 0 spiro atoms. The van der Waals surface area contributed by atoms with Gasteiger partial charge in [0.2, 0.25) is 5.91 Å². The highest BCUT2D eigenvalue weighted by atomic mass is 16.2. The Labute approximate surface area is 156 Å². The van der Waals surface area contributed by atoms with Gasteiger partial charge in [-0.05, 0) is 37.4 Å². The van der Waals surface area contributed by atoms with Gasteiger partial charge in [0.25, 0.3) is 0 Å². The smallest absolute Gasteiger partial charge is 0.240 e. The Morgan fingerprint density at radius 2 is 2.12 bits per heavy atom. The summed E-state index contributed by atoms with van der Waals surface area (Å²) in [5, 5.41) is 7.40. The third-order valence-electron chi connectivity index (χ3n) is 5.10. The zero-order valence-corrected chi connectivity index (χ0v) is 15.9. The highest BCUT2D eigenvalue weighted by Gasteiger charge is 2.30. The van der Waals surface area contributed by atoms with Gasteiger partial charge < -0.3 is 4.90 Å². The van der Waals surface area contributed by atoms with Gasteiger partial charge in [0.15, 0.2) is 0 Å². The lowest BCUT2D eigenvalue weighted by atomic mass is 10.00. The summed E-state index contributed by atoms with van der Waals surface area (Å²) >= 11 is 0. The van der Waals surface area contributed by atoms with Crippen molar-refractivity contribution in [1.29, 1.82) is 0 Å². The second-order valence-electron chi connectivity index (χ2n) is 7.30. The Bertz CT molecular complexity index is 697. The van der Waals surface area contributed by atoms with Crippen molar-refractivity contribution in [2.75, 3.05) is 13.6 Å². The molecule has 1 aliphatic heterocycles. The van der Waals surface area contributed by atoms with Crippen molar-refractivity contribution >= 4 is 5.91 Å². The molecule has 0 radical (unpaired) electrons. The molecule has 1 amide bonds. The maximum atomic E-state index is 13.1. The summed E-state index contributed by atoms with van der Waals surface area (Å²) in [7, 11) is 1.90. The number of piperidine rings is 1. The lowest BCUT2D eigenvalue weighted by Crippen LogP contribution is -2.49. The van der Waals surface area contributed by atoms with Crippen LogP contribution in [0.2, 0.25) is 0 Å². The van der Waals surface area contributed by atoms with E-state index < -0.39 is 0 Å². The van der Waals surface area contributed by atoms with Gasteiger partial charge >= 0.3 is 0 Å². The van der Waals surface area contributed by atoms with Crippen LogP contribution in [0.5, 0.6) is 0 Å².